The van der Waals surface area contributed by atoms with Crippen molar-refractivity contribution < 1.29 is 13.9 Å². The van der Waals surface area contributed by atoms with Crippen LogP contribution in [-0.4, -0.2) is 40.1 Å². The van der Waals surface area contributed by atoms with Gasteiger partial charge in [-0.15, -0.1) is 0 Å². The summed E-state index contributed by atoms with van der Waals surface area (Å²) in [6, 6.07) is 6.07. The number of aromatic nitrogens is 2. The molecule has 1 saturated heterocycles. The van der Waals surface area contributed by atoms with Gasteiger partial charge in [0, 0.05) is 17.8 Å². The normalized spacial score (nSPS) is 17.6. The number of morpholine rings is 1. The molecule has 1 aromatic heterocycles. The maximum absolute atomic E-state index is 13.1. The first-order chi connectivity index (χ1) is 12.0. The standard InChI is InChI=1S/C18H20FN3O3/c1-12-13(2)20-11-22(18(12)24)10-17(23)21-7-8-25-16(9-21)14-3-5-15(19)6-4-14/h3-6,11,16H,7-10H2,1-2H3. The van der Waals surface area contributed by atoms with Crippen LogP contribution in [0.25, 0.3) is 0 Å². The number of benzene rings is 1. The van der Waals surface area contributed by atoms with Gasteiger partial charge in [-0.05, 0) is 31.5 Å². The Labute approximate surface area is 144 Å². The summed E-state index contributed by atoms with van der Waals surface area (Å²) in [5, 5.41) is 0. The summed E-state index contributed by atoms with van der Waals surface area (Å²) in [6.45, 7) is 4.64. The van der Waals surface area contributed by atoms with Crippen molar-refractivity contribution in [1.29, 1.82) is 0 Å². The van der Waals surface area contributed by atoms with E-state index in [0.717, 1.165) is 5.56 Å². The van der Waals surface area contributed by atoms with Gasteiger partial charge in [-0.1, -0.05) is 12.1 Å². The van der Waals surface area contributed by atoms with Crippen LogP contribution in [0.1, 0.15) is 22.9 Å². The molecular weight excluding hydrogens is 325 g/mol. The van der Waals surface area contributed by atoms with Gasteiger partial charge in [-0.2, -0.15) is 0 Å². The quantitative estimate of drug-likeness (QED) is 0.848. The number of hydrogen-bond acceptors (Lipinski definition) is 4. The summed E-state index contributed by atoms with van der Waals surface area (Å²) < 4.78 is 20.1. The molecule has 25 heavy (non-hydrogen) atoms. The highest BCUT2D eigenvalue weighted by atomic mass is 19.1. The minimum atomic E-state index is -0.311. The molecular formula is C18H20FN3O3. The van der Waals surface area contributed by atoms with Gasteiger partial charge in [-0.25, -0.2) is 9.37 Å². The topological polar surface area (TPSA) is 64.4 Å². The molecule has 1 aliphatic heterocycles. The van der Waals surface area contributed by atoms with Crippen LogP contribution in [-0.2, 0) is 16.1 Å². The molecule has 1 amide bonds. The summed E-state index contributed by atoms with van der Waals surface area (Å²) in [4.78, 5) is 30.6. The molecule has 0 aliphatic carbocycles. The van der Waals surface area contributed by atoms with Gasteiger partial charge in [0.1, 0.15) is 18.5 Å². The third-order valence-corrected chi connectivity index (χ3v) is 4.48. The number of amides is 1. The lowest BCUT2D eigenvalue weighted by Gasteiger charge is -2.33. The van der Waals surface area contributed by atoms with Crippen molar-refractivity contribution in [2.45, 2.75) is 26.5 Å². The van der Waals surface area contributed by atoms with Crippen molar-refractivity contribution in [3.8, 4) is 0 Å². The molecule has 1 fully saturated rings. The summed E-state index contributed by atoms with van der Waals surface area (Å²) in [7, 11) is 0. The second-order valence-electron chi connectivity index (χ2n) is 6.14. The second kappa shape index (κ2) is 7.14. The predicted molar refractivity (Wildman–Crippen MR) is 89.6 cm³/mol. The fraction of sp³-hybridized carbons (Fsp3) is 0.389. The van der Waals surface area contributed by atoms with Crippen LogP contribution in [0, 0.1) is 19.7 Å². The highest BCUT2D eigenvalue weighted by molar-refractivity contribution is 5.76. The molecule has 1 atom stereocenters. The lowest BCUT2D eigenvalue weighted by atomic mass is 10.1. The average molecular weight is 345 g/mol. The van der Waals surface area contributed by atoms with E-state index < -0.39 is 0 Å². The number of carbonyl (C=O) groups is 1. The van der Waals surface area contributed by atoms with Gasteiger partial charge in [0.15, 0.2) is 0 Å². The molecule has 0 saturated carbocycles. The molecule has 132 valence electrons. The summed E-state index contributed by atoms with van der Waals surface area (Å²) >= 11 is 0. The zero-order valence-corrected chi connectivity index (χ0v) is 14.2. The first kappa shape index (κ1) is 17.3. The van der Waals surface area contributed by atoms with Crippen molar-refractivity contribution in [3.05, 3.63) is 63.6 Å². The lowest BCUT2D eigenvalue weighted by Crippen LogP contribution is -2.44. The molecule has 6 nitrogen and oxygen atoms in total. The maximum Gasteiger partial charge on any atom is 0.256 e. The molecule has 0 bridgehead atoms. The van der Waals surface area contributed by atoms with Gasteiger partial charge in [0.25, 0.3) is 5.56 Å². The molecule has 2 aromatic rings. The van der Waals surface area contributed by atoms with E-state index in [9.17, 15) is 14.0 Å². The zero-order valence-electron chi connectivity index (χ0n) is 14.2. The predicted octanol–water partition coefficient (Wildman–Crippen LogP) is 1.60. The first-order valence-corrected chi connectivity index (χ1v) is 8.13. The fourth-order valence-electron chi connectivity index (χ4n) is 2.79. The molecule has 7 heteroatoms. The third kappa shape index (κ3) is 3.76. The van der Waals surface area contributed by atoms with Crippen LogP contribution in [0.5, 0.6) is 0 Å². The Balaban J connectivity index is 1.71. The maximum atomic E-state index is 13.1. The Kier molecular flexibility index (Phi) is 4.94. The molecule has 0 radical (unpaired) electrons. The van der Waals surface area contributed by atoms with E-state index >= 15 is 0 Å². The van der Waals surface area contributed by atoms with Crippen LogP contribution >= 0.6 is 0 Å². The smallest absolute Gasteiger partial charge is 0.256 e. The molecule has 1 aromatic carbocycles. The van der Waals surface area contributed by atoms with E-state index in [1.165, 1.54) is 23.0 Å². The minimum absolute atomic E-state index is 0.0525. The van der Waals surface area contributed by atoms with E-state index in [1.807, 2.05) is 0 Å². The van der Waals surface area contributed by atoms with Crippen molar-refractivity contribution in [2.24, 2.45) is 0 Å². The van der Waals surface area contributed by atoms with Crippen molar-refractivity contribution in [1.82, 2.24) is 14.5 Å². The van der Waals surface area contributed by atoms with Crippen LogP contribution < -0.4 is 5.56 Å². The summed E-state index contributed by atoms with van der Waals surface area (Å²) in [5.41, 5.74) is 1.83. The highest BCUT2D eigenvalue weighted by Crippen LogP contribution is 2.22. The number of halogens is 1. The zero-order chi connectivity index (χ0) is 18.0. The molecule has 0 spiro atoms. The largest absolute Gasteiger partial charge is 0.370 e. The van der Waals surface area contributed by atoms with E-state index in [1.54, 1.807) is 30.9 Å². The first-order valence-electron chi connectivity index (χ1n) is 8.13. The summed E-state index contributed by atoms with van der Waals surface area (Å²) in [5.74, 6) is -0.475. The van der Waals surface area contributed by atoms with E-state index in [0.29, 0.717) is 31.0 Å². The third-order valence-electron chi connectivity index (χ3n) is 4.48. The van der Waals surface area contributed by atoms with Crippen LogP contribution in [0.15, 0.2) is 35.4 Å². The van der Waals surface area contributed by atoms with Crippen LogP contribution in [0.3, 0.4) is 0 Å². The number of carbonyl (C=O) groups excluding carboxylic acids is 1. The monoisotopic (exact) mass is 345 g/mol. The van der Waals surface area contributed by atoms with Crippen molar-refractivity contribution in [2.75, 3.05) is 19.7 Å². The Morgan fingerprint density at radius 3 is 2.76 bits per heavy atom. The average Bonchev–Trinajstić information content (AvgIpc) is 2.63. The van der Waals surface area contributed by atoms with E-state index in [-0.39, 0.29) is 29.9 Å². The van der Waals surface area contributed by atoms with Crippen LogP contribution in [0.4, 0.5) is 4.39 Å². The minimum Gasteiger partial charge on any atom is -0.370 e. The summed E-state index contributed by atoms with van der Waals surface area (Å²) in [6.07, 6.45) is 1.11. The Bertz CT molecular complexity index is 832. The van der Waals surface area contributed by atoms with Crippen LogP contribution in [0.2, 0.25) is 0 Å². The SMILES string of the molecule is Cc1ncn(CC(=O)N2CCOC(c3ccc(F)cc3)C2)c(=O)c1C. The molecule has 1 unspecified atom stereocenters. The molecule has 2 heterocycles. The van der Waals surface area contributed by atoms with Crippen molar-refractivity contribution >= 4 is 5.91 Å². The number of hydrogen-bond donors (Lipinski definition) is 0. The van der Waals surface area contributed by atoms with Gasteiger partial charge < -0.3 is 9.64 Å². The number of aryl methyl sites for hydroxylation is 1. The Hall–Kier alpha value is -2.54. The van der Waals surface area contributed by atoms with Gasteiger partial charge in [0.2, 0.25) is 5.91 Å². The fourth-order valence-corrected chi connectivity index (χ4v) is 2.79. The number of nitrogens with zero attached hydrogens (tertiary/aromatic N) is 3. The van der Waals surface area contributed by atoms with Gasteiger partial charge in [0.05, 0.1) is 19.5 Å². The van der Waals surface area contributed by atoms with Crippen molar-refractivity contribution in [3.63, 3.8) is 0 Å². The Morgan fingerprint density at radius 2 is 2.04 bits per heavy atom. The molecule has 1 aliphatic rings. The number of rotatable bonds is 3. The lowest BCUT2D eigenvalue weighted by molar-refractivity contribution is -0.139. The Morgan fingerprint density at radius 1 is 1.32 bits per heavy atom. The van der Waals surface area contributed by atoms with E-state index in [4.69, 9.17) is 4.74 Å². The van der Waals surface area contributed by atoms with Gasteiger partial charge >= 0.3 is 0 Å². The second-order valence-corrected chi connectivity index (χ2v) is 6.14. The highest BCUT2D eigenvalue weighted by Gasteiger charge is 2.25. The number of ether oxygens (including phenoxy) is 1. The van der Waals surface area contributed by atoms with Gasteiger partial charge in [-0.3, -0.25) is 14.2 Å². The molecule has 0 N–H and O–H groups in total. The molecule has 3 rings (SSSR count). The van der Waals surface area contributed by atoms with E-state index in [2.05, 4.69) is 4.98 Å².